The molecular weight excluding hydrogens is 423 g/mol. The first-order chi connectivity index (χ1) is 12.3. The summed E-state index contributed by atoms with van der Waals surface area (Å²) >= 11 is 3.35. The maximum atomic E-state index is 14.3. The van der Waals surface area contributed by atoms with Gasteiger partial charge in [0, 0.05) is 32.8 Å². The Morgan fingerprint density at radius 2 is 1.96 bits per heavy atom. The van der Waals surface area contributed by atoms with Crippen LogP contribution in [0.1, 0.15) is 29.3 Å². The SMILES string of the molecule is CCCS(=O)(=O)Nc1ccc(F)c(C(=O)c2c[nH]c3ccc(Br)cc23)c1. The zero-order valence-corrected chi connectivity index (χ0v) is 16.2. The lowest BCUT2D eigenvalue weighted by atomic mass is 10.0. The number of aromatic nitrogens is 1. The molecule has 3 rings (SSSR count). The van der Waals surface area contributed by atoms with Crippen molar-refractivity contribution in [2.45, 2.75) is 13.3 Å². The number of benzene rings is 2. The number of carbonyl (C=O) groups is 1. The van der Waals surface area contributed by atoms with E-state index in [4.69, 9.17) is 0 Å². The Balaban J connectivity index is 2.01. The third-order valence-corrected chi connectivity index (χ3v) is 5.83. The summed E-state index contributed by atoms with van der Waals surface area (Å²) in [6.07, 6.45) is 1.97. The monoisotopic (exact) mass is 438 g/mol. The summed E-state index contributed by atoms with van der Waals surface area (Å²) < 4.78 is 41.2. The minimum absolute atomic E-state index is 0.0515. The van der Waals surface area contributed by atoms with Crippen molar-refractivity contribution in [1.82, 2.24) is 4.98 Å². The average Bonchev–Trinajstić information content (AvgIpc) is 2.98. The molecule has 0 aliphatic rings. The van der Waals surface area contributed by atoms with E-state index in [1.165, 1.54) is 18.3 Å². The van der Waals surface area contributed by atoms with E-state index in [2.05, 4.69) is 25.6 Å². The highest BCUT2D eigenvalue weighted by molar-refractivity contribution is 9.10. The fourth-order valence-corrected chi connectivity index (χ4v) is 4.17. The number of anilines is 1. The Labute approximate surface area is 158 Å². The van der Waals surface area contributed by atoms with Crippen LogP contribution in [0.4, 0.5) is 10.1 Å². The molecule has 3 aromatic rings. The topological polar surface area (TPSA) is 79.0 Å². The number of carbonyl (C=O) groups excluding carboxylic acids is 1. The van der Waals surface area contributed by atoms with Crippen LogP contribution in [-0.4, -0.2) is 24.9 Å². The van der Waals surface area contributed by atoms with Crippen molar-refractivity contribution >= 4 is 48.3 Å². The average molecular weight is 439 g/mol. The summed E-state index contributed by atoms with van der Waals surface area (Å²) in [4.78, 5) is 15.8. The van der Waals surface area contributed by atoms with Gasteiger partial charge in [0.25, 0.3) is 0 Å². The van der Waals surface area contributed by atoms with Crippen molar-refractivity contribution < 1.29 is 17.6 Å². The van der Waals surface area contributed by atoms with E-state index in [0.717, 1.165) is 16.1 Å². The van der Waals surface area contributed by atoms with Gasteiger partial charge in [-0.15, -0.1) is 0 Å². The molecule has 1 heterocycles. The first kappa shape index (κ1) is 18.6. The standard InChI is InChI=1S/C18H16BrFN2O3S/c1-2-7-26(24,25)22-12-4-5-16(20)14(9-12)18(23)15-10-21-17-6-3-11(19)8-13(15)17/h3-6,8-10,21-22H,2,7H2,1H3. The number of nitrogens with one attached hydrogen (secondary N) is 2. The van der Waals surface area contributed by atoms with Crippen molar-refractivity contribution in [3.63, 3.8) is 0 Å². The predicted molar refractivity (Wildman–Crippen MR) is 104 cm³/mol. The molecule has 0 fully saturated rings. The van der Waals surface area contributed by atoms with Gasteiger partial charge in [-0.25, -0.2) is 12.8 Å². The van der Waals surface area contributed by atoms with Gasteiger partial charge in [0.05, 0.1) is 11.3 Å². The molecule has 0 bridgehead atoms. The number of H-pyrrole nitrogens is 1. The van der Waals surface area contributed by atoms with Crippen LogP contribution in [0.25, 0.3) is 10.9 Å². The van der Waals surface area contributed by atoms with Crippen molar-refractivity contribution in [2.24, 2.45) is 0 Å². The zero-order chi connectivity index (χ0) is 18.9. The fourth-order valence-electron chi connectivity index (χ4n) is 2.69. The molecule has 2 aromatic carbocycles. The van der Waals surface area contributed by atoms with Crippen molar-refractivity contribution in [3.8, 4) is 0 Å². The van der Waals surface area contributed by atoms with Crippen LogP contribution in [0.15, 0.2) is 47.1 Å². The Kier molecular flexibility index (Phi) is 5.15. The Morgan fingerprint density at radius 3 is 2.69 bits per heavy atom. The van der Waals surface area contributed by atoms with Crippen LogP contribution in [0.2, 0.25) is 0 Å². The lowest BCUT2D eigenvalue weighted by Crippen LogP contribution is -2.16. The van der Waals surface area contributed by atoms with Crippen LogP contribution >= 0.6 is 15.9 Å². The molecule has 0 radical (unpaired) electrons. The van der Waals surface area contributed by atoms with E-state index in [1.54, 1.807) is 13.0 Å². The highest BCUT2D eigenvalue weighted by Crippen LogP contribution is 2.26. The van der Waals surface area contributed by atoms with Crippen molar-refractivity contribution in [2.75, 3.05) is 10.5 Å². The molecule has 0 spiro atoms. The van der Waals surface area contributed by atoms with E-state index in [-0.39, 0.29) is 17.0 Å². The van der Waals surface area contributed by atoms with Gasteiger partial charge in [0.2, 0.25) is 10.0 Å². The van der Waals surface area contributed by atoms with Gasteiger partial charge in [-0.2, -0.15) is 0 Å². The van der Waals surface area contributed by atoms with E-state index in [1.807, 2.05) is 12.1 Å². The highest BCUT2D eigenvalue weighted by Gasteiger charge is 2.19. The molecule has 0 saturated carbocycles. The Hall–Kier alpha value is -2.19. The third kappa shape index (κ3) is 3.81. The summed E-state index contributed by atoms with van der Waals surface area (Å²) in [7, 11) is -3.53. The van der Waals surface area contributed by atoms with Gasteiger partial charge in [0.1, 0.15) is 5.82 Å². The summed E-state index contributed by atoms with van der Waals surface area (Å²) in [5.41, 5.74) is 1.03. The molecule has 2 N–H and O–H groups in total. The molecule has 0 saturated heterocycles. The van der Waals surface area contributed by atoms with Gasteiger partial charge in [-0.05, 0) is 42.8 Å². The van der Waals surface area contributed by atoms with E-state index >= 15 is 0 Å². The number of hydrogen-bond acceptors (Lipinski definition) is 3. The molecule has 0 unspecified atom stereocenters. The number of rotatable bonds is 6. The Morgan fingerprint density at radius 1 is 1.19 bits per heavy atom. The van der Waals surface area contributed by atoms with Crippen LogP contribution in [-0.2, 0) is 10.0 Å². The third-order valence-electron chi connectivity index (χ3n) is 3.85. The number of aromatic amines is 1. The van der Waals surface area contributed by atoms with Gasteiger partial charge < -0.3 is 4.98 Å². The van der Waals surface area contributed by atoms with E-state index in [9.17, 15) is 17.6 Å². The number of fused-ring (bicyclic) bond motifs is 1. The number of halogens is 2. The maximum absolute atomic E-state index is 14.3. The molecule has 5 nitrogen and oxygen atoms in total. The summed E-state index contributed by atoms with van der Waals surface area (Å²) in [5.74, 6) is -1.29. The van der Waals surface area contributed by atoms with Crippen LogP contribution < -0.4 is 4.72 Å². The maximum Gasteiger partial charge on any atom is 0.232 e. The quantitative estimate of drug-likeness (QED) is 0.557. The summed E-state index contributed by atoms with van der Waals surface area (Å²) in [6, 6.07) is 9.01. The van der Waals surface area contributed by atoms with Gasteiger partial charge in [-0.1, -0.05) is 22.9 Å². The second-order valence-electron chi connectivity index (χ2n) is 5.84. The van der Waals surface area contributed by atoms with Crippen LogP contribution in [0.5, 0.6) is 0 Å². The zero-order valence-electron chi connectivity index (χ0n) is 13.8. The molecule has 136 valence electrons. The smallest absolute Gasteiger partial charge is 0.232 e. The van der Waals surface area contributed by atoms with E-state index in [0.29, 0.717) is 17.4 Å². The Bertz CT molecular complexity index is 1090. The minimum atomic E-state index is -3.53. The number of hydrogen-bond donors (Lipinski definition) is 2. The van der Waals surface area contributed by atoms with Crippen LogP contribution in [0.3, 0.4) is 0 Å². The molecule has 0 aliphatic heterocycles. The van der Waals surface area contributed by atoms with Crippen molar-refractivity contribution in [1.29, 1.82) is 0 Å². The molecular formula is C18H16BrFN2O3S. The second kappa shape index (κ2) is 7.20. The molecule has 8 heteroatoms. The molecule has 26 heavy (non-hydrogen) atoms. The summed E-state index contributed by atoms with van der Waals surface area (Å²) in [6.45, 7) is 1.74. The van der Waals surface area contributed by atoms with Gasteiger partial charge in [0.15, 0.2) is 5.78 Å². The first-order valence-corrected chi connectivity index (χ1v) is 10.4. The number of ketones is 1. The van der Waals surface area contributed by atoms with Gasteiger partial charge >= 0.3 is 0 Å². The van der Waals surface area contributed by atoms with E-state index < -0.39 is 21.6 Å². The lowest BCUT2D eigenvalue weighted by Gasteiger charge is -2.09. The lowest BCUT2D eigenvalue weighted by molar-refractivity contribution is 0.103. The molecule has 0 atom stereocenters. The minimum Gasteiger partial charge on any atom is -0.360 e. The summed E-state index contributed by atoms with van der Waals surface area (Å²) in [5, 5.41) is 0.653. The molecule has 1 aromatic heterocycles. The highest BCUT2D eigenvalue weighted by atomic mass is 79.9. The molecule has 0 amide bonds. The largest absolute Gasteiger partial charge is 0.360 e. The fraction of sp³-hybridized carbons (Fsp3) is 0.167. The molecule has 0 aliphatic carbocycles. The number of sulfonamides is 1. The van der Waals surface area contributed by atoms with Gasteiger partial charge in [-0.3, -0.25) is 9.52 Å². The van der Waals surface area contributed by atoms with Crippen LogP contribution in [0, 0.1) is 5.82 Å². The predicted octanol–water partition coefficient (Wildman–Crippen LogP) is 4.45. The first-order valence-electron chi connectivity index (χ1n) is 7.92. The second-order valence-corrected chi connectivity index (χ2v) is 8.59. The van der Waals surface area contributed by atoms with Crippen molar-refractivity contribution in [3.05, 3.63) is 64.0 Å². The normalized spacial score (nSPS) is 11.7.